The van der Waals surface area contributed by atoms with Gasteiger partial charge in [-0.3, -0.25) is 0 Å². The molecule has 1 N–H and O–H groups in total. The Morgan fingerprint density at radius 2 is 2.28 bits per heavy atom. The van der Waals surface area contributed by atoms with Crippen molar-refractivity contribution in [3.8, 4) is 0 Å². The zero-order valence-corrected chi connectivity index (χ0v) is 12.1. The zero-order valence-electron chi connectivity index (χ0n) is 11.3. The highest BCUT2D eigenvalue weighted by Crippen LogP contribution is 2.25. The van der Waals surface area contributed by atoms with Gasteiger partial charge in [0.05, 0.1) is 6.10 Å². The molecule has 0 aromatic heterocycles. The normalized spacial score (nSPS) is 21.1. The van der Waals surface area contributed by atoms with E-state index in [0.29, 0.717) is 11.4 Å². The highest BCUT2D eigenvalue weighted by molar-refractivity contribution is 8.00. The van der Waals surface area contributed by atoms with E-state index in [-0.39, 0.29) is 0 Å². The van der Waals surface area contributed by atoms with E-state index in [1.54, 1.807) is 0 Å². The van der Waals surface area contributed by atoms with E-state index in [0.717, 1.165) is 19.7 Å². The predicted octanol–water partition coefficient (Wildman–Crippen LogP) is 3.24. The summed E-state index contributed by atoms with van der Waals surface area (Å²) in [6.45, 7) is 7.44. The molecule has 1 fully saturated rings. The summed E-state index contributed by atoms with van der Waals surface area (Å²) in [6.07, 6.45) is 2.88. The van der Waals surface area contributed by atoms with Gasteiger partial charge < -0.3 is 10.1 Å². The van der Waals surface area contributed by atoms with Gasteiger partial charge in [0, 0.05) is 29.8 Å². The fourth-order valence-electron chi connectivity index (χ4n) is 2.20. The maximum absolute atomic E-state index is 5.60. The molecule has 2 nitrogen and oxygen atoms in total. The van der Waals surface area contributed by atoms with Gasteiger partial charge in [0.25, 0.3) is 0 Å². The smallest absolute Gasteiger partial charge is 0.0700 e. The van der Waals surface area contributed by atoms with Gasteiger partial charge in [-0.15, -0.1) is 11.8 Å². The van der Waals surface area contributed by atoms with Crippen LogP contribution in [-0.2, 0) is 4.74 Å². The summed E-state index contributed by atoms with van der Waals surface area (Å²) < 4.78 is 5.60. The Morgan fingerprint density at radius 3 is 3.00 bits per heavy atom. The first-order chi connectivity index (χ1) is 8.75. The zero-order chi connectivity index (χ0) is 12.8. The number of aryl methyl sites for hydroxylation is 1. The van der Waals surface area contributed by atoms with Gasteiger partial charge >= 0.3 is 0 Å². The van der Waals surface area contributed by atoms with Crippen LogP contribution in [0.1, 0.15) is 25.3 Å². The number of hydrogen-bond donors (Lipinski definition) is 1. The summed E-state index contributed by atoms with van der Waals surface area (Å²) in [5.41, 5.74) is 1.37. The van der Waals surface area contributed by atoms with Crippen LogP contribution in [0.5, 0.6) is 0 Å². The van der Waals surface area contributed by atoms with Crippen LogP contribution in [0.2, 0.25) is 0 Å². The Morgan fingerprint density at radius 1 is 1.44 bits per heavy atom. The van der Waals surface area contributed by atoms with Crippen LogP contribution >= 0.6 is 11.8 Å². The highest BCUT2D eigenvalue weighted by atomic mass is 32.2. The second-order valence-electron chi connectivity index (χ2n) is 4.99. The van der Waals surface area contributed by atoms with Crippen LogP contribution in [0.4, 0.5) is 0 Å². The lowest BCUT2D eigenvalue weighted by Crippen LogP contribution is -2.30. The van der Waals surface area contributed by atoms with Gasteiger partial charge in [-0.1, -0.05) is 25.1 Å². The van der Waals surface area contributed by atoms with Crippen molar-refractivity contribution >= 4 is 11.8 Å². The molecule has 0 saturated carbocycles. The predicted molar refractivity (Wildman–Crippen MR) is 78.3 cm³/mol. The molecule has 2 atom stereocenters. The van der Waals surface area contributed by atoms with Crippen LogP contribution in [0.15, 0.2) is 29.2 Å². The molecule has 18 heavy (non-hydrogen) atoms. The standard InChI is InChI=1S/C15H23NOS/c1-12-6-3-4-8-15(12)18-13(2)10-16-11-14-7-5-9-17-14/h3-4,6,8,13-14,16H,5,7,9-11H2,1-2H3. The molecule has 0 amide bonds. The summed E-state index contributed by atoms with van der Waals surface area (Å²) >= 11 is 1.95. The van der Waals surface area contributed by atoms with Crippen molar-refractivity contribution in [1.29, 1.82) is 0 Å². The van der Waals surface area contributed by atoms with E-state index in [1.165, 1.54) is 23.3 Å². The summed E-state index contributed by atoms with van der Waals surface area (Å²) in [4.78, 5) is 1.39. The van der Waals surface area contributed by atoms with Crippen LogP contribution in [0, 0.1) is 6.92 Å². The highest BCUT2D eigenvalue weighted by Gasteiger charge is 2.15. The number of hydrogen-bond acceptors (Lipinski definition) is 3. The van der Waals surface area contributed by atoms with E-state index < -0.39 is 0 Å². The molecule has 3 heteroatoms. The van der Waals surface area contributed by atoms with Gasteiger partial charge in [-0.25, -0.2) is 0 Å². The largest absolute Gasteiger partial charge is 0.377 e. The van der Waals surface area contributed by atoms with E-state index in [2.05, 4.69) is 43.4 Å². The third kappa shape index (κ3) is 4.30. The maximum atomic E-state index is 5.60. The van der Waals surface area contributed by atoms with Crippen molar-refractivity contribution in [1.82, 2.24) is 5.32 Å². The molecule has 0 aliphatic carbocycles. The molecule has 2 unspecified atom stereocenters. The van der Waals surface area contributed by atoms with E-state index in [1.807, 2.05) is 11.8 Å². The summed E-state index contributed by atoms with van der Waals surface area (Å²) in [5, 5.41) is 4.11. The first-order valence-corrected chi connectivity index (χ1v) is 7.68. The Kier molecular flexibility index (Phi) is 5.54. The summed E-state index contributed by atoms with van der Waals surface area (Å²) in [7, 11) is 0. The number of benzene rings is 1. The number of ether oxygens (including phenoxy) is 1. The molecule has 0 radical (unpaired) electrons. The van der Waals surface area contributed by atoms with Gasteiger partial charge in [-0.05, 0) is 31.4 Å². The van der Waals surface area contributed by atoms with E-state index in [9.17, 15) is 0 Å². The van der Waals surface area contributed by atoms with Crippen molar-refractivity contribution in [3.05, 3.63) is 29.8 Å². The summed E-state index contributed by atoms with van der Waals surface area (Å²) in [6, 6.07) is 8.59. The fourth-order valence-corrected chi connectivity index (χ4v) is 3.25. The fraction of sp³-hybridized carbons (Fsp3) is 0.600. The lowest BCUT2D eigenvalue weighted by Gasteiger charge is -2.16. The molecular formula is C15H23NOS. The molecular weight excluding hydrogens is 242 g/mol. The second kappa shape index (κ2) is 7.17. The lowest BCUT2D eigenvalue weighted by molar-refractivity contribution is 0.110. The van der Waals surface area contributed by atoms with Crippen LogP contribution in [-0.4, -0.2) is 31.1 Å². The minimum absolute atomic E-state index is 0.445. The molecule has 1 saturated heterocycles. The Bertz CT molecular complexity index is 363. The molecule has 0 bridgehead atoms. The molecule has 1 heterocycles. The lowest BCUT2D eigenvalue weighted by atomic mass is 10.2. The van der Waals surface area contributed by atoms with Crippen molar-refractivity contribution in [2.75, 3.05) is 19.7 Å². The SMILES string of the molecule is Cc1ccccc1SC(C)CNCC1CCCO1. The Labute approximate surface area is 114 Å². The molecule has 0 spiro atoms. The minimum Gasteiger partial charge on any atom is -0.377 e. The monoisotopic (exact) mass is 265 g/mol. The molecule has 1 aliphatic rings. The first-order valence-electron chi connectivity index (χ1n) is 6.80. The van der Waals surface area contributed by atoms with Gasteiger partial charge in [0.15, 0.2) is 0 Å². The Balaban J connectivity index is 1.68. The topological polar surface area (TPSA) is 21.3 Å². The first kappa shape index (κ1) is 13.9. The van der Waals surface area contributed by atoms with Crippen molar-refractivity contribution < 1.29 is 4.74 Å². The van der Waals surface area contributed by atoms with E-state index in [4.69, 9.17) is 4.74 Å². The molecule has 1 aliphatic heterocycles. The summed E-state index contributed by atoms with van der Waals surface area (Å²) in [5.74, 6) is 0. The van der Waals surface area contributed by atoms with Gasteiger partial charge in [-0.2, -0.15) is 0 Å². The Hall–Kier alpha value is -0.510. The molecule has 2 rings (SSSR count). The van der Waals surface area contributed by atoms with E-state index >= 15 is 0 Å². The third-order valence-electron chi connectivity index (χ3n) is 3.25. The van der Waals surface area contributed by atoms with Crippen molar-refractivity contribution in [2.24, 2.45) is 0 Å². The van der Waals surface area contributed by atoms with Crippen molar-refractivity contribution in [3.63, 3.8) is 0 Å². The van der Waals surface area contributed by atoms with Crippen LogP contribution in [0.25, 0.3) is 0 Å². The van der Waals surface area contributed by atoms with Gasteiger partial charge in [0.1, 0.15) is 0 Å². The van der Waals surface area contributed by atoms with Crippen LogP contribution < -0.4 is 5.32 Å². The second-order valence-corrected chi connectivity index (χ2v) is 6.47. The third-order valence-corrected chi connectivity index (χ3v) is 4.53. The minimum atomic E-state index is 0.445. The van der Waals surface area contributed by atoms with Gasteiger partial charge in [0.2, 0.25) is 0 Å². The maximum Gasteiger partial charge on any atom is 0.0700 e. The average molecular weight is 265 g/mol. The molecule has 1 aromatic carbocycles. The van der Waals surface area contributed by atoms with Crippen molar-refractivity contribution in [2.45, 2.75) is 42.9 Å². The molecule has 1 aromatic rings. The number of nitrogens with one attached hydrogen (secondary N) is 1. The van der Waals surface area contributed by atoms with Crippen LogP contribution in [0.3, 0.4) is 0 Å². The quantitative estimate of drug-likeness (QED) is 0.798. The average Bonchev–Trinajstić information content (AvgIpc) is 2.85. The number of thioether (sulfide) groups is 1. The number of rotatable bonds is 6. The molecule has 100 valence electrons.